The lowest BCUT2D eigenvalue weighted by Crippen LogP contribution is -2.44. The Morgan fingerprint density at radius 1 is 1.17 bits per heavy atom. The van der Waals surface area contributed by atoms with Gasteiger partial charge >= 0.3 is 0 Å². The molecule has 0 fully saturated rings. The summed E-state index contributed by atoms with van der Waals surface area (Å²) in [7, 11) is 0. The van der Waals surface area contributed by atoms with Crippen molar-refractivity contribution < 1.29 is 14.7 Å². The van der Waals surface area contributed by atoms with E-state index < -0.39 is 6.04 Å². The molecule has 1 aromatic carbocycles. The van der Waals surface area contributed by atoms with Gasteiger partial charge in [0.2, 0.25) is 11.8 Å². The molecule has 0 spiro atoms. The summed E-state index contributed by atoms with van der Waals surface area (Å²) in [6.45, 7) is 4.17. The number of aliphatic hydroxyl groups excluding tert-OH is 1. The topological polar surface area (TPSA) is 90.8 Å². The summed E-state index contributed by atoms with van der Waals surface area (Å²) in [4.78, 5) is 30.3. The first-order valence-corrected chi connectivity index (χ1v) is 12.5. The highest BCUT2D eigenvalue weighted by molar-refractivity contribution is 8.14. The molecule has 3 rings (SSSR count). The SMILES string of the molecule is CC(C)CC1CC(=O)N[C@@H](Cc2ccccc2)C2=N[C@H](CS2)C(=O)N[C@H](CO)CS1. The van der Waals surface area contributed by atoms with Crippen LogP contribution in [0.2, 0.25) is 0 Å². The molecule has 1 unspecified atom stereocenters. The lowest BCUT2D eigenvalue weighted by atomic mass is 10.0. The number of fused-ring (bicyclic) bond motifs is 1. The third-order valence-electron chi connectivity index (χ3n) is 5.14. The van der Waals surface area contributed by atoms with Crippen LogP contribution in [0, 0.1) is 5.92 Å². The van der Waals surface area contributed by atoms with E-state index in [-0.39, 0.29) is 35.8 Å². The van der Waals surface area contributed by atoms with E-state index in [0.717, 1.165) is 17.0 Å². The lowest BCUT2D eigenvalue weighted by Gasteiger charge is -2.24. The quantitative estimate of drug-likeness (QED) is 0.641. The molecular formula is C22H31N3O3S2. The Bertz CT molecular complexity index is 757. The van der Waals surface area contributed by atoms with Crippen LogP contribution in [0.5, 0.6) is 0 Å². The Labute approximate surface area is 187 Å². The van der Waals surface area contributed by atoms with Crippen molar-refractivity contribution in [3.05, 3.63) is 35.9 Å². The van der Waals surface area contributed by atoms with Crippen LogP contribution in [0.15, 0.2) is 35.3 Å². The van der Waals surface area contributed by atoms with Gasteiger partial charge in [0, 0.05) is 23.2 Å². The highest BCUT2D eigenvalue weighted by atomic mass is 32.2. The molecule has 3 N–H and O–H groups in total. The molecule has 8 heteroatoms. The molecule has 0 saturated carbocycles. The minimum atomic E-state index is -0.480. The van der Waals surface area contributed by atoms with Gasteiger partial charge in [0.15, 0.2) is 0 Å². The number of nitrogens with zero attached hydrogens (tertiary/aromatic N) is 1. The Morgan fingerprint density at radius 3 is 2.63 bits per heavy atom. The van der Waals surface area contributed by atoms with Crippen molar-refractivity contribution in [1.29, 1.82) is 0 Å². The summed E-state index contributed by atoms with van der Waals surface area (Å²) in [6, 6.07) is 8.99. The smallest absolute Gasteiger partial charge is 0.246 e. The molecule has 2 aliphatic heterocycles. The van der Waals surface area contributed by atoms with Crippen LogP contribution in [0.25, 0.3) is 0 Å². The summed E-state index contributed by atoms with van der Waals surface area (Å²) in [5.74, 6) is 1.46. The second-order valence-corrected chi connectivity index (χ2v) is 10.7. The predicted octanol–water partition coefficient (Wildman–Crippen LogP) is 2.26. The zero-order valence-electron chi connectivity index (χ0n) is 17.5. The van der Waals surface area contributed by atoms with Crippen molar-refractivity contribution in [3.63, 3.8) is 0 Å². The number of nitrogens with one attached hydrogen (secondary N) is 2. The number of aliphatic imine (C=N–C) groups is 1. The molecule has 164 valence electrons. The van der Waals surface area contributed by atoms with Gasteiger partial charge in [-0.05, 0) is 24.3 Å². The van der Waals surface area contributed by atoms with Crippen molar-refractivity contribution in [1.82, 2.24) is 10.6 Å². The minimum absolute atomic E-state index is 0.0138. The number of carbonyl (C=O) groups excluding carboxylic acids is 2. The number of thioether (sulfide) groups is 2. The number of carbonyl (C=O) groups is 2. The van der Waals surface area contributed by atoms with E-state index in [2.05, 4.69) is 29.5 Å². The fraction of sp³-hybridized carbons (Fsp3) is 0.591. The molecule has 4 atom stereocenters. The van der Waals surface area contributed by atoms with Crippen molar-refractivity contribution >= 4 is 40.4 Å². The number of benzene rings is 1. The molecule has 0 saturated heterocycles. The largest absolute Gasteiger partial charge is 0.394 e. The molecule has 2 aliphatic rings. The zero-order chi connectivity index (χ0) is 21.5. The highest BCUT2D eigenvalue weighted by Crippen LogP contribution is 2.26. The lowest BCUT2D eigenvalue weighted by molar-refractivity contribution is -0.122. The molecule has 2 heterocycles. The standard InChI is InChI=1S/C22H31N3O3S2/c1-14(2)8-17-10-20(27)24-18(9-15-6-4-3-5-7-15)22-25-19(13-30-22)21(28)23-16(11-26)12-29-17/h3-7,14,16-19,26H,8-13H2,1-2H3,(H,23,28)(H,24,27)/t16-,17?,18+,19-/m1/s1. The summed E-state index contributed by atoms with van der Waals surface area (Å²) in [5.41, 5.74) is 1.12. The average molecular weight is 450 g/mol. The van der Waals surface area contributed by atoms with E-state index in [1.54, 1.807) is 11.8 Å². The maximum Gasteiger partial charge on any atom is 0.246 e. The third kappa shape index (κ3) is 6.75. The number of rotatable bonds is 5. The summed E-state index contributed by atoms with van der Waals surface area (Å²) >= 11 is 3.19. The Balaban J connectivity index is 1.84. The van der Waals surface area contributed by atoms with E-state index in [0.29, 0.717) is 30.3 Å². The molecule has 2 amide bonds. The maximum atomic E-state index is 12.9. The van der Waals surface area contributed by atoms with Crippen molar-refractivity contribution in [2.75, 3.05) is 18.1 Å². The highest BCUT2D eigenvalue weighted by Gasteiger charge is 2.32. The monoisotopic (exact) mass is 449 g/mol. The first-order valence-electron chi connectivity index (χ1n) is 10.5. The van der Waals surface area contributed by atoms with Crippen LogP contribution in [-0.4, -0.2) is 63.5 Å². The Kier molecular flexibility index (Phi) is 8.65. The number of hydrogen-bond acceptors (Lipinski definition) is 6. The maximum absolute atomic E-state index is 12.9. The van der Waals surface area contributed by atoms with Gasteiger partial charge < -0.3 is 15.7 Å². The molecule has 1 aromatic rings. The average Bonchev–Trinajstić information content (AvgIpc) is 3.20. The van der Waals surface area contributed by atoms with Gasteiger partial charge in [-0.2, -0.15) is 11.8 Å². The van der Waals surface area contributed by atoms with Gasteiger partial charge in [0.25, 0.3) is 0 Å². The van der Waals surface area contributed by atoms with Crippen LogP contribution in [-0.2, 0) is 16.0 Å². The van der Waals surface area contributed by atoms with E-state index in [1.165, 1.54) is 11.8 Å². The molecular weight excluding hydrogens is 418 g/mol. The minimum Gasteiger partial charge on any atom is -0.394 e. The summed E-state index contributed by atoms with van der Waals surface area (Å²) in [6.07, 6.45) is 1.97. The predicted molar refractivity (Wildman–Crippen MR) is 125 cm³/mol. The normalized spacial score (nSPS) is 28.1. The van der Waals surface area contributed by atoms with E-state index in [1.807, 2.05) is 30.3 Å². The molecule has 2 bridgehead atoms. The van der Waals surface area contributed by atoms with Crippen LogP contribution in [0.1, 0.15) is 32.3 Å². The number of aliphatic hydroxyl groups is 1. The van der Waals surface area contributed by atoms with E-state index in [9.17, 15) is 14.7 Å². The summed E-state index contributed by atoms with van der Waals surface area (Å²) in [5, 5.41) is 16.8. The van der Waals surface area contributed by atoms with E-state index in [4.69, 9.17) is 0 Å². The van der Waals surface area contributed by atoms with Gasteiger partial charge in [-0.15, -0.1) is 11.8 Å². The van der Waals surface area contributed by atoms with Crippen LogP contribution >= 0.6 is 23.5 Å². The van der Waals surface area contributed by atoms with Gasteiger partial charge in [-0.1, -0.05) is 44.2 Å². The fourth-order valence-electron chi connectivity index (χ4n) is 3.65. The molecule has 0 radical (unpaired) electrons. The molecule has 30 heavy (non-hydrogen) atoms. The fourth-order valence-corrected chi connectivity index (χ4v) is 6.24. The second-order valence-electron chi connectivity index (χ2n) is 8.28. The first-order chi connectivity index (χ1) is 14.4. The summed E-state index contributed by atoms with van der Waals surface area (Å²) < 4.78 is 0. The second kappa shape index (κ2) is 11.2. The van der Waals surface area contributed by atoms with Gasteiger partial charge in [0.05, 0.1) is 23.7 Å². The third-order valence-corrected chi connectivity index (χ3v) is 7.73. The van der Waals surface area contributed by atoms with Crippen LogP contribution < -0.4 is 10.6 Å². The number of amides is 2. The molecule has 0 aromatic heterocycles. The van der Waals surface area contributed by atoms with Gasteiger partial charge in [0.1, 0.15) is 6.04 Å². The zero-order valence-corrected chi connectivity index (χ0v) is 19.2. The van der Waals surface area contributed by atoms with Crippen molar-refractivity contribution in [2.24, 2.45) is 10.9 Å². The van der Waals surface area contributed by atoms with Crippen LogP contribution in [0.4, 0.5) is 0 Å². The van der Waals surface area contributed by atoms with E-state index >= 15 is 0 Å². The van der Waals surface area contributed by atoms with Crippen molar-refractivity contribution in [3.8, 4) is 0 Å². The Morgan fingerprint density at radius 2 is 1.93 bits per heavy atom. The Hall–Kier alpha value is -1.51. The van der Waals surface area contributed by atoms with Crippen LogP contribution in [0.3, 0.4) is 0 Å². The van der Waals surface area contributed by atoms with Gasteiger partial charge in [-0.25, -0.2) is 0 Å². The molecule has 0 aliphatic carbocycles. The van der Waals surface area contributed by atoms with Gasteiger partial charge in [-0.3, -0.25) is 14.6 Å². The van der Waals surface area contributed by atoms with Crippen molar-refractivity contribution in [2.45, 2.75) is 56.5 Å². The molecule has 6 nitrogen and oxygen atoms in total. The number of hydrogen-bond donors (Lipinski definition) is 3. The first kappa shape index (κ1) is 23.2.